The Morgan fingerprint density at radius 3 is 2.54 bits per heavy atom. The van der Waals surface area contributed by atoms with E-state index in [1.54, 1.807) is 0 Å². The summed E-state index contributed by atoms with van der Waals surface area (Å²) in [4.78, 5) is 27.5. The fourth-order valence-corrected chi connectivity index (χ4v) is 7.07. The minimum absolute atomic E-state index is 0.0445. The average molecular weight is 436 g/mol. The van der Waals surface area contributed by atoms with Crippen LogP contribution < -0.4 is 4.90 Å². The van der Waals surface area contributed by atoms with E-state index in [-0.39, 0.29) is 22.4 Å². The second-order valence-corrected chi connectivity index (χ2v) is 9.73. The monoisotopic (exact) mass is 436 g/mol. The smallest absolute Gasteiger partial charge is 0.418 e. The molecule has 0 aliphatic carbocycles. The number of amidine groups is 1. The Labute approximate surface area is 162 Å². The molecule has 1 aromatic carbocycles. The molecule has 2 heterocycles. The van der Waals surface area contributed by atoms with Gasteiger partial charge < -0.3 is 10.0 Å². The third-order valence-electron chi connectivity index (χ3n) is 4.31. The summed E-state index contributed by atoms with van der Waals surface area (Å²) in [6, 6.07) is 3.89. The Morgan fingerprint density at radius 2 is 1.89 bits per heavy atom. The Morgan fingerprint density at radius 1 is 1.21 bits per heavy atom. The quantitative estimate of drug-likeness (QED) is 0.771. The molecule has 12 heteroatoms. The molecule has 28 heavy (non-hydrogen) atoms. The number of rotatable bonds is 4. The molecule has 1 N–H and O–H groups in total. The molecule has 0 unspecified atom stereocenters. The van der Waals surface area contributed by atoms with Gasteiger partial charge in [-0.25, -0.2) is 8.42 Å². The molecule has 1 amide bonds. The van der Waals surface area contributed by atoms with Crippen LogP contribution in [-0.2, 0) is 25.6 Å². The van der Waals surface area contributed by atoms with Gasteiger partial charge in [0.15, 0.2) is 15.0 Å². The van der Waals surface area contributed by atoms with Crippen molar-refractivity contribution in [1.29, 1.82) is 0 Å². The first kappa shape index (κ1) is 20.6. The molecule has 0 saturated carbocycles. The summed E-state index contributed by atoms with van der Waals surface area (Å²) >= 11 is 0.930. The molecular weight excluding hydrogens is 421 g/mol. The van der Waals surface area contributed by atoms with Crippen molar-refractivity contribution in [2.24, 2.45) is 4.99 Å². The van der Waals surface area contributed by atoms with E-state index in [0.717, 1.165) is 22.7 Å². The van der Waals surface area contributed by atoms with Crippen LogP contribution in [0.2, 0.25) is 0 Å². The van der Waals surface area contributed by atoms with Crippen LogP contribution in [0.5, 0.6) is 0 Å². The van der Waals surface area contributed by atoms with Crippen molar-refractivity contribution in [3.8, 4) is 0 Å². The highest BCUT2D eigenvalue weighted by atomic mass is 32.2. The number of nitrogens with zero attached hydrogens (tertiary/aromatic N) is 2. The van der Waals surface area contributed by atoms with Gasteiger partial charge in [-0.1, -0.05) is 23.9 Å². The lowest BCUT2D eigenvalue weighted by Gasteiger charge is -2.27. The van der Waals surface area contributed by atoms with Crippen LogP contribution in [0.15, 0.2) is 29.3 Å². The van der Waals surface area contributed by atoms with Crippen LogP contribution >= 0.6 is 11.8 Å². The van der Waals surface area contributed by atoms with Crippen molar-refractivity contribution in [3.63, 3.8) is 0 Å². The number of para-hydroxylation sites is 1. The maximum Gasteiger partial charge on any atom is 0.418 e. The second-order valence-electron chi connectivity index (χ2n) is 6.37. The first-order valence-corrected chi connectivity index (χ1v) is 10.8. The number of hydrogen-bond acceptors (Lipinski definition) is 5. The van der Waals surface area contributed by atoms with Crippen molar-refractivity contribution in [2.75, 3.05) is 16.4 Å². The van der Waals surface area contributed by atoms with Crippen molar-refractivity contribution in [1.82, 2.24) is 0 Å². The van der Waals surface area contributed by atoms with Gasteiger partial charge in [0, 0.05) is 11.7 Å². The van der Waals surface area contributed by atoms with E-state index in [9.17, 15) is 31.2 Å². The Hall–Kier alpha value is -2.08. The van der Waals surface area contributed by atoms with Gasteiger partial charge in [-0.2, -0.15) is 18.2 Å². The molecule has 2 aliphatic rings. The number of benzene rings is 1. The molecule has 2 aliphatic heterocycles. The van der Waals surface area contributed by atoms with Gasteiger partial charge in [-0.15, -0.1) is 0 Å². The summed E-state index contributed by atoms with van der Waals surface area (Å²) in [6.07, 6.45) is -5.54. The van der Waals surface area contributed by atoms with Crippen LogP contribution in [0.3, 0.4) is 0 Å². The minimum atomic E-state index is -4.69. The molecule has 3 rings (SSSR count). The van der Waals surface area contributed by atoms with Crippen LogP contribution in [0.4, 0.5) is 18.9 Å². The van der Waals surface area contributed by atoms with Gasteiger partial charge in [-0.3, -0.25) is 9.59 Å². The number of halogens is 3. The van der Waals surface area contributed by atoms with Gasteiger partial charge in [0.1, 0.15) is 0 Å². The largest absolute Gasteiger partial charge is 0.481 e. The molecule has 0 aromatic heterocycles. The summed E-state index contributed by atoms with van der Waals surface area (Å²) in [7, 11) is -3.43. The van der Waals surface area contributed by atoms with E-state index in [1.807, 2.05) is 0 Å². The number of anilines is 1. The highest BCUT2D eigenvalue weighted by molar-refractivity contribution is 8.16. The van der Waals surface area contributed by atoms with E-state index >= 15 is 0 Å². The van der Waals surface area contributed by atoms with Gasteiger partial charge in [-0.05, 0) is 12.1 Å². The summed E-state index contributed by atoms with van der Waals surface area (Å²) in [6.45, 7) is 0. The zero-order chi connectivity index (χ0) is 20.7. The summed E-state index contributed by atoms with van der Waals surface area (Å²) in [5, 5.41) is 8.06. The number of amides is 1. The van der Waals surface area contributed by atoms with E-state index in [0.29, 0.717) is 0 Å². The first-order valence-electron chi connectivity index (χ1n) is 8.14. The van der Waals surface area contributed by atoms with Gasteiger partial charge in [0.05, 0.1) is 35.2 Å². The van der Waals surface area contributed by atoms with E-state index in [4.69, 9.17) is 5.11 Å². The summed E-state index contributed by atoms with van der Waals surface area (Å²) in [5.74, 6) is -2.56. The zero-order valence-corrected chi connectivity index (χ0v) is 15.9. The number of aliphatic imine (C=N–C) groups is 1. The van der Waals surface area contributed by atoms with Crippen molar-refractivity contribution in [2.45, 2.75) is 30.3 Å². The Bertz CT molecular complexity index is 946. The Kier molecular flexibility index (Phi) is 5.45. The number of carboxylic acid groups (broad SMARTS) is 1. The number of sulfone groups is 1. The predicted molar refractivity (Wildman–Crippen MR) is 97.1 cm³/mol. The SMILES string of the molecule is O=C(O)CCC(=O)N=C1S[C@H]2CS(=O)(=O)C[C@@H]2N1c1ccccc1C(F)(F)F. The highest BCUT2D eigenvalue weighted by Gasteiger charge is 2.51. The van der Waals surface area contributed by atoms with E-state index < -0.39 is 57.6 Å². The fraction of sp³-hybridized carbons (Fsp3) is 0.438. The Balaban J connectivity index is 2.03. The number of carbonyl (C=O) groups excluding carboxylic acids is 1. The number of thioether (sulfide) groups is 1. The normalized spacial score (nSPS) is 25.1. The van der Waals surface area contributed by atoms with Crippen LogP contribution in [-0.4, -0.2) is 53.4 Å². The van der Waals surface area contributed by atoms with Crippen molar-refractivity contribution < 1.29 is 36.3 Å². The lowest BCUT2D eigenvalue weighted by atomic mass is 10.1. The molecule has 152 valence electrons. The minimum Gasteiger partial charge on any atom is -0.481 e. The number of alkyl halides is 3. The summed E-state index contributed by atoms with van der Waals surface area (Å²) in [5.41, 5.74) is -1.25. The van der Waals surface area contributed by atoms with Gasteiger partial charge >= 0.3 is 12.1 Å². The van der Waals surface area contributed by atoms with Crippen molar-refractivity contribution in [3.05, 3.63) is 29.8 Å². The summed E-state index contributed by atoms with van der Waals surface area (Å²) < 4.78 is 64.4. The maximum absolute atomic E-state index is 13.5. The van der Waals surface area contributed by atoms with Crippen LogP contribution in [0, 0.1) is 0 Å². The molecule has 1 aromatic rings. The molecule has 0 radical (unpaired) electrons. The topological polar surface area (TPSA) is 104 Å². The molecule has 2 fully saturated rings. The number of carboxylic acids is 1. The van der Waals surface area contributed by atoms with E-state index in [1.165, 1.54) is 18.2 Å². The standard InChI is InChI=1S/C16H15F3N2O5S2/c17-16(18,19)9-3-1-2-4-10(9)21-11-7-28(25,26)8-12(11)27-15(21)20-13(22)5-6-14(23)24/h1-4,11-12H,5-8H2,(H,23,24)/t11-,12-/m0/s1. The number of fused-ring (bicyclic) bond motifs is 1. The zero-order valence-electron chi connectivity index (χ0n) is 14.2. The van der Waals surface area contributed by atoms with Gasteiger partial charge in [0.25, 0.3) is 0 Å². The van der Waals surface area contributed by atoms with Crippen LogP contribution in [0.25, 0.3) is 0 Å². The lowest BCUT2D eigenvalue weighted by Crippen LogP contribution is -2.39. The maximum atomic E-state index is 13.5. The average Bonchev–Trinajstić information content (AvgIpc) is 3.03. The number of carbonyl (C=O) groups is 2. The second kappa shape index (κ2) is 7.39. The lowest BCUT2D eigenvalue weighted by molar-refractivity contribution is -0.138. The highest BCUT2D eigenvalue weighted by Crippen LogP contribution is 2.45. The molecule has 2 saturated heterocycles. The molecular formula is C16H15F3N2O5S2. The first-order chi connectivity index (χ1) is 13.0. The van der Waals surface area contributed by atoms with E-state index in [2.05, 4.69) is 4.99 Å². The number of aliphatic carboxylic acids is 1. The molecule has 0 spiro atoms. The number of hydrogen-bond donors (Lipinski definition) is 1. The molecule has 2 atom stereocenters. The third-order valence-corrected chi connectivity index (χ3v) is 7.52. The van der Waals surface area contributed by atoms with Gasteiger partial charge in [0.2, 0.25) is 5.91 Å². The molecule has 0 bridgehead atoms. The molecule has 7 nitrogen and oxygen atoms in total. The third kappa shape index (κ3) is 4.32. The predicted octanol–water partition coefficient (Wildman–Crippen LogP) is 2.17. The van der Waals surface area contributed by atoms with Crippen molar-refractivity contribution >= 4 is 44.3 Å². The fourth-order valence-electron chi connectivity index (χ4n) is 3.15. The van der Waals surface area contributed by atoms with Crippen LogP contribution in [0.1, 0.15) is 18.4 Å².